The summed E-state index contributed by atoms with van der Waals surface area (Å²) in [6.45, 7) is 0. The zero-order chi connectivity index (χ0) is 8.36. The number of hydrogen-bond donors (Lipinski definition) is 0. The van der Waals surface area contributed by atoms with Gasteiger partial charge in [0.1, 0.15) is 0 Å². The van der Waals surface area contributed by atoms with Gasteiger partial charge < -0.3 is 0 Å². The molecular formula is C3HAgF5O2. The third-order valence-corrected chi connectivity index (χ3v) is 0.616. The van der Waals surface area contributed by atoms with E-state index in [0.29, 0.717) is 0 Å². The Morgan fingerprint density at radius 2 is 1.73 bits per heavy atom. The van der Waals surface area contributed by atoms with Crippen LogP contribution in [-0.4, -0.2) is 18.3 Å². The molecule has 1 radical (unpaired) electrons. The Bertz CT molecular complexity index is 138. The van der Waals surface area contributed by atoms with Gasteiger partial charge in [-0.05, 0) is 0 Å². The van der Waals surface area contributed by atoms with Gasteiger partial charge in [-0.2, -0.15) is 8.78 Å². The maximum atomic E-state index is 11.5. The molecule has 0 aromatic heterocycles. The van der Waals surface area contributed by atoms with Crippen LogP contribution < -0.4 is 0 Å². The van der Waals surface area contributed by atoms with Crippen LogP contribution in [0, 0.1) is 0 Å². The maximum absolute atomic E-state index is 11.5. The van der Waals surface area contributed by atoms with Crippen molar-refractivity contribution >= 4 is 5.97 Å². The average molecular weight is 272 g/mol. The predicted octanol–water partition coefficient (Wildman–Crippen LogP) is 1.31. The third kappa shape index (κ3) is 3.17. The zero-order valence-corrected chi connectivity index (χ0v) is 6.07. The SMILES string of the molecule is O=C(OF)C(F)(F)C(F)F.[Ag]. The first-order valence-electron chi connectivity index (χ1n) is 1.92. The monoisotopic (exact) mass is 271 g/mol. The molecule has 0 heterocycles. The molecule has 11 heavy (non-hydrogen) atoms. The fourth-order valence-electron chi connectivity index (χ4n) is 0.141. The van der Waals surface area contributed by atoms with E-state index in [2.05, 4.69) is 0 Å². The largest absolute Gasteiger partial charge is 0.423 e. The molecule has 0 spiro atoms. The predicted molar refractivity (Wildman–Crippen MR) is 18.2 cm³/mol. The van der Waals surface area contributed by atoms with Gasteiger partial charge in [-0.15, -0.1) is 0 Å². The number of rotatable bonds is 2. The fourth-order valence-corrected chi connectivity index (χ4v) is 0.141. The van der Waals surface area contributed by atoms with Gasteiger partial charge in [0.25, 0.3) is 0 Å². The molecule has 0 atom stereocenters. The first kappa shape index (κ1) is 13.5. The summed E-state index contributed by atoms with van der Waals surface area (Å²) < 4.78 is 55.6. The van der Waals surface area contributed by atoms with Gasteiger partial charge >= 0.3 is 18.3 Å². The van der Waals surface area contributed by atoms with Crippen LogP contribution >= 0.6 is 0 Å². The number of hydrogen-bond acceptors (Lipinski definition) is 2. The minimum atomic E-state index is -5.06. The van der Waals surface area contributed by atoms with Gasteiger partial charge in [-0.3, -0.25) is 0 Å². The van der Waals surface area contributed by atoms with Gasteiger partial charge in [-0.1, -0.05) is 0 Å². The van der Waals surface area contributed by atoms with Crippen molar-refractivity contribution in [2.24, 2.45) is 0 Å². The summed E-state index contributed by atoms with van der Waals surface area (Å²) in [5.74, 6) is -7.95. The van der Waals surface area contributed by atoms with Crippen molar-refractivity contribution in [2.45, 2.75) is 12.3 Å². The normalized spacial score (nSPS) is 10.7. The molecule has 0 bridgehead atoms. The van der Waals surface area contributed by atoms with E-state index in [1.807, 2.05) is 4.94 Å². The first-order chi connectivity index (χ1) is 4.42. The van der Waals surface area contributed by atoms with E-state index >= 15 is 0 Å². The molecule has 8 heteroatoms. The second-order valence-electron chi connectivity index (χ2n) is 1.29. The molecule has 0 aromatic carbocycles. The summed E-state index contributed by atoms with van der Waals surface area (Å²) in [5.41, 5.74) is 0. The molecule has 71 valence electrons. The van der Waals surface area contributed by atoms with Gasteiger partial charge in [0, 0.05) is 26.9 Å². The summed E-state index contributed by atoms with van der Waals surface area (Å²) in [5, 5.41) is 0. The molecule has 0 amide bonds. The molecular weight excluding hydrogens is 271 g/mol. The molecule has 0 saturated carbocycles. The Labute approximate surface area is 73.1 Å². The average Bonchev–Trinajstić information content (AvgIpc) is 1.86. The van der Waals surface area contributed by atoms with Crippen LogP contribution in [0.25, 0.3) is 0 Å². The van der Waals surface area contributed by atoms with E-state index in [1.54, 1.807) is 0 Å². The smallest absolute Gasteiger partial charge is 0.248 e. The van der Waals surface area contributed by atoms with Crippen molar-refractivity contribution in [2.75, 3.05) is 0 Å². The summed E-state index contributed by atoms with van der Waals surface area (Å²) in [6, 6.07) is 0. The second-order valence-corrected chi connectivity index (χ2v) is 1.29. The summed E-state index contributed by atoms with van der Waals surface area (Å²) in [6.07, 6.45) is -4.25. The number of halogens is 5. The van der Waals surface area contributed by atoms with E-state index in [-0.39, 0.29) is 22.4 Å². The van der Waals surface area contributed by atoms with Crippen molar-refractivity contribution < 1.29 is 54.2 Å². The third-order valence-electron chi connectivity index (χ3n) is 0.616. The van der Waals surface area contributed by atoms with Gasteiger partial charge in [0.15, 0.2) is 0 Å². The standard InChI is InChI=1S/C3HF5O2.Ag/c4-1(5)3(6,7)2(9)10-8;/h1H;. The number of carbonyl (C=O) groups excluding carboxylic acids is 1. The minimum Gasteiger partial charge on any atom is -0.248 e. The quantitative estimate of drug-likeness (QED) is 0.559. The van der Waals surface area contributed by atoms with Gasteiger partial charge in [-0.25, -0.2) is 18.5 Å². The molecule has 0 rings (SSSR count). The molecule has 0 aliphatic heterocycles. The number of alkyl halides is 4. The molecule has 2 nitrogen and oxygen atoms in total. The Morgan fingerprint density at radius 3 is 1.82 bits per heavy atom. The van der Waals surface area contributed by atoms with Crippen molar-refractivity contribution in [1.29, 1.82) is 0 Å². The summed E-state index contributed by atoms with van der Waals surface area (Å²) in [7, 11) is 0. The van der Waals surface area contributed by atoms with E-state index < -0.39 is 18.3 Å². The van der Waals surface area contributed by atoms with Crippen LogP contribution in [0.4, 0.5) is 22.1 Å². The first-order valence-corrected chi connectivity index (χ1v) is 1.92. The molecule has 0 unspecified atom stereocenters. The Hall–Kier alpha value is -0.140. The molecule has 0 aromatic rings. The molecule has 0 N–H and O–H groups in total. The van der Waals surface area contributed by atoms with E-state index in [1.165, 1.54) is 0 Å². The van der Waals surface area contributed by atoms with E-state index in [0.717, 1.165) is 0 Å². The van der Waals surface area contributed by atoms with Crippen LogP contribution in [0.1, 0.15) is 0 Å². The topological polar surface area (TPSA) is 26.3 Å². The van der Waals surface area contributed by atoms with E-state index in [9.17, 15) is 26.9 Å². The number of carbonyl (C=O) groups is 1. The molecule has 0 aliphatic carbocycles. The van der Waals surface area contributed by atoms with E-state index in [4.69, 9.17) is 0 Å². The van der Waals surface area contributed by atoms with Crippen LogP contribution in [-0.2, 0) is 32.1 Å². The van der Waals surface area contributed by atoms with Crippen molar-refractivity contribution in [3.05, 3.63) is 0 Å². The van der Waals surface area contributed by atoms with Crippen molar-refractivity contribution in [1.82, 2.24) is 0 Å². The van der Waals surface area contributed by atoms with Crippen LogP contribution in [0.3, 0.4) is 0 Å². The molecule has 0 aliphatic rings. The molecule has 0 fully saturated rings. The Balaban J connectivity index is 0. The van der Waals surface area contributed by atoms with Crippen LogP contribution in [0.2, 0.25) is 0 Å². The fraction of sp³-hybridized carbons (Fsp3) is 0.667. The maximum Gasteiger partial charge on any atom is 0.423 e. The van der Waals surface area contributed by atoms with Crippen molar-refractivity contribution in [3.8, 4) is 0 Å². The Kier molecular flexibility index (Phi) is 5.72. The summed E-state index contributed by atoms with van der Waals surface area (Å²) >= 11 is 0. The Morgan fingerprint density at radius 1 is 1.36 bits per heavy atom. The second kappa shape index (κ2) is 4.68. The summed E-state index contributed by atoms with van der Waals surface area (Å²) in [4.78, 5) is 11.4. The van der Waals surface area contributed by atoms with Crippen LogP contribution in [0.5, 0.6) is 0 Å². The van der Waals surface area contributed by atoms with Crippen LogP contribution in [0.15, 0.2) is 0 Å². The van der Waals surface area contributed by atoms with Crippen molar-refractivity contribution in [3.63, 3.8) is 0 Å². The zero-order valence-electron chi connectivity index (χ0n) is 4.59. The molecule has 0 saturated heterocycles. The van der Waals surface area contributed by atoms with Gasteiger partial charge in [0.2, 0.25) is 0 Å². The van der Waals surface area contributed by atoms with Gasteiger partial charge in [0.05, 0.1) is 0 Å². The minimum absolute atomic E-state index is 0.